The maximum atomic E-state index is 11.3. The molecule has 0 bridgehead atoms. The Hall–Kier alpha value is -0.370. The minimum absolute atomic E-state index is 0.143. The van der Waals surface area contributed by atoms with E-state index in [0.717, 1.165) is 13.0 Å². The summed E-state index contributed by atoms with van der Waals surface area (Å²) >= 11 is 0. The molecule has 1 heterocycles. The van der Waals surface area contributed by atoms with E-state index in [4.69, 9.17) is 0 Å². The highest BCUT2D eigenvalue weighted by Gasteiger charge is 2.29. The minimum Gasteiger partial charge on any atom is -0.298 e. The van der Waals surface area contributed by atoms with Gasteiger partial charge in [-0.15, -0.1) is 0 Å². The molecule has 0 unspecified atom stereocenters. The molecule has 1 fully saturated rings. The van der Waals surface area contributed by atoms with Crippen LogP contribution in [-0.2, 0) is 4.79 Å². The normalized spacial score (nSPS) is 27.7. The molecule has 1 saturated heterocycles. The average Bonchev–Trinajstić information content (AvgIpc) is 1.82. The fourth-order valence-electron chi connectivity index (χ4n) is 1.68. The molecular formula is C10H19NO. The van der Waals surface area contributed by atoms with Gasteiger partial charge in [-0.1, -0.05) is 6.92 Å². The second-order valence-corrected chi connectivity index (χ2v) is 4.90. The van der Waals surface area contributed by atoms with Crippen LogP contribution in [0.2, 0.25) is 0 Å². The largest absolute Gasteiger partial charge is 0.298 e. The lowest BCUT2D eigenvalue weighted by atomic mass is 9.94. The van der Waals surface area contributed by atoms with E-state index in [0.29, 0.717) is 18.2 Å². The van der Waals surface area contributed by atoms with Gasteiger partial charge in [-0.3, -0.25) is 9.69 Å². The van der Waals surface area contributed by atoms with Gasteiger partial charge in [0.25, 0.3) is 0 Å². The fraction of sp³-hybridized carbons (Fsp3) is 0.900. The number of likely N-dealkylation sites (tertiary alicyclic amines) is 1. The zero-order valence-corrected chi connectivity index (χ0v) is 8.55. The zero-order valence-electron chi connectivity index (χ0n) is 8.55. The van der Waals surface area contributed by atoms with Gasteiger partial charge in [-0.2, -0.15) is 0 Å². The van der Waals surface area contributed by atoms with E-state index in [2.05, 4.69) is 32.6 Å². The van der Waals surface area contributed by atoms with E-state index in [1.807, 2.05) is 0 Å². The molecule has 0 aromatic heterocycles. The highest BCUT2D eigenvalue weighted by Crippen LogP contribution is 2.21. The van der Waals surface area contributed by atoms with E-state index < -0.39 is 0 Å². The number of ketones is 1. The standard InChI is InChI=1S/C10H19NO/c1-8-5-9(12)7-11(6-8)10(2,3)4/h8H,5-7H2,1-4H3/t8-/m0/s1. The second-order valence-electron chi connectivity index (χ2n) is 4.90. The van der Waals surface area contributed by atoms with Crippen molar-refractivity contribution >= 4 is 5.78 Å². The quantitative estimate of drug-likeness (QED) is 0.550. The van der Waals surface area contributed by atoms with Crippen LogP contribution in [-0.4, -0.2) is 29.3 Å². The first-order valence-corrected chi connectivity index (χ1v) is 4.66. The lowest BCUT2D eigenvalue weighted by Gasteiger charge is -2.39. The molecule has 0 N–H and O–H groups in total. The van der Waals surface area contributed by atoms with Gasteiger partial charge in [0, 0.05) is 18.5 Å². The van der Waals surface area contributed by atoms with Crippen LogP contribution in [0.4, 0.5) is 0 Å². The Morgan fingerprint density at radius 2 is 2.00 bits per heavy atom. The van der Waals surface area contributed by atoms with Crippen molar-refractivity contribution in [1.82, 2.24) is 4.90 Å². The van der Waals surface area contributed by atoms with Gasteiger partial charge < -0.3 is 0 Å². The number of piperidine rings is 1. The van der Waals surface area contributed by atoms with Crippen LogP contribution in [0.3, 0.4) is 0 Å². The van der Waals surface area contributed by atoms with Gasteiger partial charge in [0.1, 0.15) is 5.78 Å². The summed E-state index contributed by atoms with van der Waals surface area (Å²) in [5, 5.41) is 0. The molecule has 1 atom stereocenters. The van der Waals surface area contributed by atoms with Crippen molar-refractivity contribution in [3.05, 3.63) is 0 Å². The summed E-state index contributed by atoms with van der Waals surface area (Å²) in [4.78, 5) is 13.6. The van der Waals surface area contributed by atoms with Gasteiger partial charge in [-0.25, -0.2) is 0 Å². The molecule has 70 valence electrons. The molecular weight excluding hydrogens is 150 g/mol. The highest BCUT2D eigenvalue weighted by molar-refractivity contribution is 5.81. The number of nitrogens with zero attached hydrogens (tertiary/aromatic N) is 1. The molecule has 0 radical (unpaired) electrons. The zero-order chi connectivity index (χ0) is 9.35. The molecule has 0 aromatic carbocycles. The molecule has 0 saturated carbocycles. The first kappa shape index (κ1) is 9.72. The number of hydrogen-bond donors (Lipinski definition) is 0. The number of rotatable bonds is 0. The van der Waals surface area contributed by atoms with Crippen LogP contribution in [0.15, 0.2) is 0 Å². The molecule has 2 nitrogen and oxygen atoms in total. The van der Waals surface area contributed by atoms with Crippen molar-refractivity contribution in [3.63, 3.8) is 0 Å². The molecule has 0 amide bonds. The van der Waals surface area contributed by atoms with Gasteiger partial charge in [0.05, 0.1) is 6.54 Å². The summed E-state index contributed by atoms with van der Waals surface area (Å²) in [5.41, 5.74) is 0.143. The summed E-state index contributed by atoms with van der Waals surface area (Å²) in [5.74, 6) is 0.925. The van der Waals surface area contributed by atoms with E-state index in [9.17, 15) is 4.79 Å². The third-order valence-corrected chi connectivity index (χ3v) is 2.42. The predicted octanol–water partition coefficient (Wildman–Crippen LogP) is 1.70. The molecule has 1 aliphatic rings. The van der Waals surface area contributed by atoms with Crippen LogP contribution in [0, 0.1) is 5.92 Å². The van der Waals surface area contributed by atoms with Crippen molar-refractivity contribution in [2.24, 2.45) is 5.92 Å². The monoisotopic (exact) mass is 169 g/mol. The molecule has 0 spiro atoms. The Balaban J connectivity index is 2.62. The van der Waals surface area contributed by atoms with E-state index in [1.165, 1.54) is 0 Å². The topological polar surface area (TPSA) is 20.3 Å². The summed E-state index contributed by atoms with van der Waals surface area (Å²) < 4.78 is 0. The molecule has 12 heavy (non-hydrogen) atoms. The van der Waals surface area contributed by atoms with Crippen LogP contribution in [0.25, 0.3) is 0 Å². The summed E-state index contributed by atoms with van der Waals surface area (Å²) in [6.07, 6.45) is 0.770. The van der Waals surface area contributed by atoms with Crippen LogP contribution >= 0.6 is 0 Å². The number of carbonyl (C=O) groups excluding carboxylic acids is 1. The SMILES string of the molecule is C[C@H]1CC(=O)CN(C(C)(C)C)C1. The van der Waals surface area contributed by atoms with Gasteiger partial charge in [-0.05, 0) is 26.7 Å². The van der Waals surface area contributed by atoms with Gasteiger partial charge in [0.2, 0.25) is 0 Å². The maximum Gasteiger partial charge on any atom is 0.147 e. The summed E-state index contributed by atoms with van der Waals surface area (Å²) in [6.45, 7) is 10.4. The number of Topliss-reactive ketones (excluding diaryl/α,β-unsaturated/α-hetero) is 1. The van der Waals surface area contributed by atoms with Crippen LogP contribution < -0.4 is 0 Å². The first-order valence-electron chi connectivity index (χ1n) is 4.66. The summed E-state index contributed by atoms with van der Waals surface area (Å²) in [6, 6.07) is 0. The second kappa shape index (κ2) is 3.17. The van der Waals surface area contributed by atoms with E-state index in [-0.39, 0.29) is 5.54 Å². The molecule has 2 heteroatoms. The Morgan fingerprint density at radius 3 is 2.42 bits per heavy atom. The lowest BCUT2D eigenvalue weighted by Crippen LogP contribution is -2.49. The van der Waals surface area contributed by atoms with Crippen molar-refractivity contribution < 1.29 is 4.79 Å². The Morgan fingerprint density at radius 1 is 1.42 bits per heavy atom. The van der Waals surface area contributed by atoms with Crippen molar-refractivity contribution in [3.8, 4) is 0 Å². The molecule has 1 aliphatic heterocycles. The van der Waals surface area contributed by atoms with Crippen molar-refractivity contribution in [2.75, 3.05) is 13.1 Å². The predicted molar refractivity (Wildman–Crippen MR) is 50.1 cm³/mol. The Bertz CT molecular complexity index is 181. The Labute approximate surface area is 74.9 Å². The third kappa shape index (κ3) is 2.31. The lowest BCUT2D eigenvalue weighted by molar-refractivity contribution is -0.125. The minimum atomic E-state index is 0.143. The van der Waals surface area contributed by atoms with E-state index in [1.54, 1.807) is 0 Å². The van der Waals surface area contributed by atoms with Crippen LogP contribution in [0.1, 0.15) is 34.1 Å². The average molecular weight is 169 g/mol. The smallest absolute Gasteiger partial charge is 0.147 e. The van der Waals surface area contributed by atoms with Crippen molar-refractivity contribution in [1.29, 1.82) is 0 Å². The molecule has 1 rings (SSSR count). The number of carbonyl (C=O) groups is 1. The number of hydrogen-bond acceptors (Lipinski definition) is 2. The third-order valence-electron chi connectivity index (χ3n) is 2.42. The van der Waals surface area contributed by atoms with Gasteiger partial charge >= 0.3 is 0 Å². The fourth-order valence-corrected chi connectivity index (χ4v) is 1.68. The summed E-state index contributed by atoms with van der Waals surface area (Å²) in [7, 11) is 0. The first-order chi connectivity index (χ1) is 5.39. The molecule has 0 aromatic rings. The van der Waals surface area contributed by atoms with Crippen molar-refractivity contribution in [2.45, 2.75) is 39.7 Å². The van der Waals surface area contributed by atoms with E-state index >= 15 is 0 Å². The molecule has 0 aliphatic carbocycles. The van der Waals surface area contributed by atoms with Crippen LogP contribution in [0.5, 0.6) is 0 Å². The van der Waals surface area contributed by atoms with Gasteiger partial charge in [0.15, 0.2) is 0 Å². The maximum absolute atomic E-state index is 11.3. The Kier molecular flexibility index (Phi) is 2.57. The highest BCUT2D eigenvalue weighted by atomic mass is 16.1.